The fourth-order valence-corrected chi connectivity index (χ4v) is 2.44. The van der Waals surface area contributed by atoms with E-state index in [4.69, 9.17) is 20.3 Å². The summed E-state index contributed by atoms with van der Waals surface area (Å²) in [4.78, 5) is 46.8. The molecule has 0 saturated heterocycles. The number of carboxylic acids is 1. The van der Waals surface area contributed by atoms with Gasteiger partial charge in [0.25, 0.3) is 0 Å². The Kier molecular flexibility index (Phi) is 16.1. The third kappa shape index (κ3) is 13.5. The van der Waals surface area contributed by atoms with Gasteiger partial charge in [-0.25, -0.2) is 4.79 Å². The number of hydrogen-bond acceptors (Lipinski definition) is 8. The predicted octanol–water partition coefficient (Wildman–Crippen LogP) is -0.110. The van der Waals surface area contributed by atoms with Crippen molar-refractivity contribution >= 4 is 36.2 Å². The molecule has 0 fully saturated rings. The van der Waals surface area contributed by atoms with Crippen LogP contribution in [0.1, 0.15) is 46.0 Å². The van der Waals surface area contributed by atoms with Crippen molar-refractivity contribution in [1.29, 1.82) is 0 Å². The van der Waals surface area contributed by atoms with Crippen LogP contribution in [0.2, 0.25) is 0 Å². The molecule has 174 valence electrons. The molecule has 0 radical (unpaired) electrons. The van der Waals surface area contributed by atoms with E-state index in [0.717, 1.165) is 12.8 Å². The molecule has 2 amide bonds. The standard InChI is InChI=1S/C19H35N3O7S/c1-3-4-8-28-10-11-29-9-7-14(23)5-6-15(20)18(25)21-13(2)17(24)22-16(12-30)19(26)27/h13,15-16,30H,3-12,20H2,1-2H3,(H,21,25)(H,22,24)(H,26,27)/t13-,15-,16-/m0/s1. The predicted molar refractivity (Wildman–Crippen MR) is 114 cm³/mol. The van der Waals surface area contributed by atoms with Crippen LogP contribution in [0.3, 0.4) is 0 Å². The smallest absolute Gasteiger partial charge is 0.327 e. The van der Waals surface area contributed by atoms with E-state index in [1.54, 1.807) is 0 Å². The summed E-state index contributed by atoms with van der Waals surface area (Å²) < 4.78 is 10.7. The molecular formula is C19H35N3O7S. The van der Waals surface area contributed by atoms with Crippen LogP contribution in [0.4, 0.5) is 0 Å². The molecule has 30 heavy (non-hydrogen) atoms. The molecule has 0 spiro atoms. The second-order valence-electron chi connectivity index (χ2n) is 6.82. The van der Waals surface area contributed by atoms with E-state index < -0.39 is 35.9 Å². The fourth-order valence-electron chi connectivity index (χ4n) is 2.20. The number of thiol groups is 1. The Bertz CT molecular complexity index is 548. The van der Waals surface area contributed by atoms with E-state index in [1.165, 1.54) is 6.92 Å². The maximum absolute atomic E-state index is 12.1. The van der Waals surface area contributed by atoms with Crippen molar-refractivity contribution in [3.8, 4) is 0 Å². The Hall–Kier alpha value is -1.69. The Morgan fingerprint density at radius 1 is 1.00 bits per heavy atom. The van der Waals surface area contributed by atoms with Crippen LogP contribution in [-0.2, 0) is 28.7 Å². The zero-order chi connectivity index (χ0) is 22.9. The van der Waals surface area contributed by atoms with Gasteiger partial charge in [0, 0.05) is 25.2 Å². The molecule has 5 N–H and O–H groups in total. The SMILES string of the molecule is CCCCOCCOCCC(=O)CC[C@H](N)C(=O)N[C@@H](C)C(=O)N[C@@H](CS)C(=O)O. The maximum Gasteiger partial charge on any atom is 0.327 e. The Balaban J connectivity index is 4.02. The number of ketones is 1. The molecule has 3 atom stereocenters. The van der Waals surface area contributed by atoms with Crippen LogP contribution >= 0.6 is 12.6 Å². The third-order valence-corrected chi connectivity index (χ3v) is 4.52. The first kappa shape index (κ1) is 28.3. The number of ether oxygens (including phenoxy) is 2. The van der Waals surface area contributed by atoms with Gasteiger partial charge in [0.05, 0.1) is 25.9 Å². The van der Waals surface area contributed by atoms with E-state index >= 15 is 0 Å². The van der Waals surface area contributed by atoms with Gasteiger partial charge in [-0.3, -0.25) is 14.4 Å². The van der Waals surface area contributed by atoms with Gasteiger partial charge < -0.3 is 30.9 Å². The zero-order valence-corrected chi connectivity index (χ0v) is 18.6. The van der Waals surface area contributed by atoms with Gasteiger partial charge in [-0.1, -0.05) is 13.3 Å². The molecular weight excluding hydrogens is 414 g/mol. The molecule has 0 aromatic heterocycles. The van der Waals surface area contributed by atoms with Crippen LogP contribution in [0.5, 0.6) is 0 Å². The van der Waals surface area contributed by atoms with E-state index in [-0.39, 0.29) is 37.4 Å². The van der Waals surface area contributed by atoms with Gasteiger partial charge in [-0.05, 0) is 19.8 Å². The highest BCUT2D eigenvalue weighted by atomic mass is 32.1. The third-order valence-electron chi connectivity index (χ3n) is 4.16. The second kappa shape index (κ2) is 17.0. The van der Waals surface area contributed by atoms with Gasteiger partial charge in [-0.2, -0.15) is 12.6 Å². The van der Waals surface area contributed by atoms with Crippen LogP contribution in [0.25, 0.3) is 0 Å². The number of Topliss-reactive ketones (excluding diaryl/α,β-unsaturated/α-hetero) is 1. The highest BCUT2D eigenvalue weighted by molar-refractivity contribution is 7.80. The minimum atomic E-state index is -1.22. The van der Waals surface area contributed by atoms with Gasteiger partial charge in [0.15, 0.2) is 0 Å². The number of carboxylic acid groups (broad SMARTS) is 1. The quantitative estimate of drug-likeness (QED) is 0.143. The van der Waals surface area contributed by atoms with Crippen molar-refractivity contribution in [3.05, 3.63) is 0 Å². The fraction of sp³-hybridized carbons (Fsp3) is 0.789. The number of aliphatic carboxylic acids is 1. The second-order valence-corrected chi connectivity index (χ2v) is 7.19. The molecule has 0 aromatic carbocycles. The van der Waals surface area contributed by atoms with E-state index in [9.17, 15) is 19.2 Å². The largest absolute Gasteiger partial charge is 0.480 e. The lowest BCUT2D eigenvalue weighted by atomic mass is 10.1. The van der Waals surface area contributed by atoms with Gasteiger partial charge >= 0.3 is 5.97 Å². The average Bonchev–Trinajstić information content (AvgIpc) is 2.71. The zero-order valence-electron chi connectivity index (χ0n) is 17.7. The van der Waals surface area contributed by atoms with Gasteiger partial charge in [0.1, 0.15) is 17.9 Å². The summed E-state index contributed by atoms with van der Waals surface area (Å²) in [5.41, 5.74) is 5.77. The minimum absolute atomic E-state index is 0.0750. The summed E-state index contributed by atoms with van der Waals surface area (Å²) >= 11 is 3.85. The summed E-state index contributed by atoms with van der Waals surface area (Å²) in [5.74, 6) is -2.64. The lowest BCUT2D eigenvalue weighted by Crippen LogP contribution is -2.53. The van der Waals surface area contributed by atoms with Crippen LogP contribution in [0.15, 0.2) is 0 Å². The van der Waals surface area contributed by atoms with E-state index in [2.05, 4.69) is 30.2 Å². The molecule has 0 bridgehead atoms. The van der Waals surface area contributed by atoms with Crippen LogP contribution in [0, 0.1) is 0 Å². The molecule has 10 nitrogen and oxygen atoms in total. The molecule has 0 heterocycles. The monoisotopic (exact) mass is 449 g/mol. The molecule has 0 aliphatic rings. The van der Waals surface area contributed by atoms with Crippen molar-refractivity contribution in [2.75, 3.05) is 32.2 Å². The molecule has 0 aromatic rings. The first-order chi connectivity index (χ1) is 14.2. The number of hydrogen-bond donors (Lipinski definition) is 5. The number of nitrogens with one attached hydrogen (secondary N) is 2. The average molecular weight is 450 g/mol. The number of nitrogens with two attached hydrogens (primary N) is 1. The Morgan fingerprint density at radius 2 is 1.63 bits per heavy atom. The summed E-state index contributed by atoms with van der Waals surface area (Å²) in [6.07, 6.45) is 2.55. The highest BCUT2D eigenvalue weighted by Crippen LogP contribution is 2.01. The normalized spacial score (nSPS) is 13.9. The molecule has 0 aliphatic carbocycles. The Morgan fingerprint density at radius 3 is 2.20 bits per heavy atom. The topological polar surface area (TPSA) is 157 Å². The van der Waals surface area contributed by atoms with Crippen LogP contribution in [-0.4, -0.2) is 79.0 Å². The first-order valence-electron chi connectivity index (χ1n) is 10.1. The first-order valence-corrected chi connectivity index (χ1v) is 10.7. The van der Waals surface area contributed by atoms with Crippen molar-refractivity contribution in [2.24, 2.45) is 5.73 Å². The number of carbonyl (C=O) groups excluding carboxylic acids is 3. The number of amides is 2. The lowest BCUT2D eigenvalue weighted by Gasteiger charge is -2.19. The van der Waals surface area contributed by atoms with E-state index in [0.29, 0.717) is 19.8 Å². The summed E-state index contributed by atoms with van der Waals surface area (Å²) in [6, 6.07) is -3.09. The minimum Gasteiger partial charge on any atom is -0.480 e. The number of carbonyl (C=O) groups is 4. The Labute approximate surface area is 183 Å². The molecule has 11 heteroatoms. The number of rotatable bonds is 18. The summed E-state index contributed by atoms with van der Waals surface area (Å²) in [7, 11) is 0. The lowest BCUT2D eigenvalue weighted by molar-refractivity contribution is -0.141. The summed E-state index contributed by atoms with van der Waals surface area (Å²) in [6.45, 7) is 5.39. The van der Waals surface area contributed by atoms with Crippen molar-refractivity contribution < 1.29 is 33.8 Å². The van der Waals surface area contributed by atoms with Crippen molar-refractivity contribution in [1.82, 2.24) is 10.6 Å². The van der Waals surface area contributed by atoms with Crippen LogP contribution < -0.4 is 16.4 Å². The maximum atomic E-state index is 12.1. The molecule has 0 unspecified atom stereocenters. The molecule has 0 rings (SSSR count). The molecule has 0 aliphatic heterocycles. The van der Waals surface area contributed by atoms with Gasteiger partial charge in [-0.15, -0.1) is 0 Å². The van der Waals surface area contributed by atoms with Crippen molar-refractivity contribution in [3.63, 3.8) is 0 Å². The van der Waals surface area contributed by atoms with Gasteiger partial charge in [0.2, 0.25) is 11.8 Å². The van der Waals surface area contributed by atoms with Crippen molar-refractivity contribution in [2.45, 2.75) is 64.1 Å². The highest BCUT2D eigenvalue weighted by Gasteiger charge is 2.24. The molecule has 0 saturated carbocycles. The van der Waals surface area contributed by atoms with E-state index in [1.807, 2.05) is 0 Å². The summed E-state index contributed by atoms with van der Waals surface area (Å²) in [5, 5.41) is 13.6. The number of unbranched alkanes of at least 4 members (excludes halogenated alkanes) is 1.